The van der Waals surface area contributed by atoms with Crippen molar-refractivity contribution in [2.24, 2.45) is 5.73 Å². The average Bonchev–Trinajstić information content (AvgIpc) is 2.40. The van der Waals surface area contributed by atoms with E-state index in [4.69, 9.17) is 10.5 Å². The molecule has 1 aliphatic rings. The largest absolute Gasteiger partial charge is 0.489 e. The Labute approximate surface area is 109 Å². The Morgan fingerprint density at radius 3 is 2.72 bits per heavy atom. The van der Waals surface area contributed by atoms with Crippen molar-refractivity contribution in [2.75, 3.05) is 0 Å². The number of ether oxygens (including phenoxy) is 1. The number of hydrogen-bond donors (Lipinski definition) is 1. The Morgan fingerprint density at radius 2 is 2.11 bits per heavy atom. The van der Waals surface area contributed by atoms with E-state index >= 15 is 0 Å². The first-order valence-electron chi connectivity index (χ1n) is 6.82. The molecule has 98 valence electrons. The fourth-order valence-electron chi connectivity index (χ4n) is 2.39. The van der Waals surface area contributed by atoms with E-state index in [-0.39, 0.29) is 0 Å². The quantitative estimate of drug-likeness (QED) is 0.886. The zero-order chi connectivity index (χ0) is 13.0. The first-order chi connectivity index (χ1) is 8.70. The molecule has 0 atom stereocenters. The van der Waals surface area contributed by atoms with E-state index in [9.17, 15) is 0 Å². The number of nitrogens with zero attached hydrogens (tertiary/aromatic N) is 1. The molecule has 1 saturated carbocycles. The van der Waals surface area contributed by atoms with Gasteiger partial charge in [0, 0.05) is 0 Å². The second-order valence-electron chi connectivity index (χ2n) is 4.90. The molecule has 0 radical (unpaired) electrons. The van der Waals surface area contributed by atoms with E-state index in [1.165, 1.54) is 19.3 Å². The van der Waals surface area contributed by atoms with E-state index in [2.05, 4.69) is 18.5 Å². The lowest BCUT2D eigenvalue weighted by molar-refractivity contribution is 0.153. The van der Waals surface area contributed by atoms with Crippen LogP contribution in [0.2, 0.25) is 0 Å². The van der Waals surface area contributed by atoms with Gasteiger partial charge >= 0.3 is 0 Å². The van der Waals surface area contributed by atoms with Crippen LogP contribution in [0.25, 0.3) is 5.70 Å². The molecule has 1 heterocycles. The second kappa shape index (κ2) is 5.89. The van der Waals surface area contributed by atoms with Crippen LogP contribution >= 0.6 is 0 Å². The molecule has 0 saturated heterocycles. The number of hydrogen-bond acceptors (Lipinski definition) is 3. The number of pyridine rings is 1. The van der Waals surface area contributed by atoms with Crippen LogP contribution in [-0.4, -0.2) is 11.1 Å². The van der Waals surface area contributed by atoms with Gasteiger partial charge in [0.05, 0.1) is 23.2 Å². The maximum atomic E-state index is 6.08. The van der Waals surface area contributed by atoms with Crippen LogP contribution in [0.3, 0.4) is 0 Å². The molecular formula is C15H22N2O. The minimum atomic E-state index is 0.359. The molecular weight excluding hydrogens is 224 g/mol. The predicted octanol–water partition coefficient (Wildman–Crippen LogP) is 3.28. The molecule has 1 aromatic rings. The maximum absolute atomic E-state index is 6.08. The van der Waals surface area contributed by atoms with Gasteiger partial charge in [0.25, 0.3) is 0 Å². The minimum Gasteiger partial charge on any atom is -0.489 e. The third-order valence-corrected chi connectivity index (χ3v) is 3.44. The average molecular weight is 246 g/mol. The summed E-state index contributed by atoms with van der Waals surface area (Å²) in [6.07, 6.45) is 7.42. The summed E-state index contributed by atoms with van der Waals surface area (Å²) in [6.45, 7) is 5.80. The van der Waals surface area contributed by atoms with Gasteiger partial charge in [-0.3, -0.25) is 0 Å². The Morgan fingerprint density at radius 1 is 1.39 bits per heavy atom. The van der Waals surface area contributed by atoms with E-state index in [1.807, 2.05) is 12.1 Å². The molecule has 2 N–H and O–H groups in total. The summed E-state index contributed by atoms with van der Waals surface area (Å²) in [5.41, 5.74) is 7.91. The molecule has 0 unspecified atom stereocenters. The number of aryl methyl sites for hydroxylation is 1. The molecule has 2 rings (SSSR count). The number of rotatable bonds is 4. The topological polar surface area (TPSA) is 48.1 Å². The van der Waals surface area contributed by atoms with Crippen molar-refractivity contribution in [2.45, 2.75) is 51.6 Å². The van der Waals surface area contributed by atoms with Gasteiger partial charge in [-0.2, -0.15) is 0 Å². The molecule has 1 aromatic heterocycles. The lowest BCUT2D eigenvalue weighted by Gasteiger charge is -2.24. The monoisotopic (exact) mass is 246 g/mol. The molecule has 1 fully saturated rings. The maximum Gasteiger partial charge on any atom is 0.141 e. The van der Waals surface area contributed by atoms with Crippen molar-refractivity contribution in [3.8, 4) is 5.75 Å². The Bertz CT molecular complexity index is 423. The predicted molar refractivity (Wildman–Crippen MR) is 74.3 cm³/mol. The normalized spacial score (nSPS) is 16.5. The van der Waals surface area contributed by atoms with E-state index in [0.29, 0.717) is 11.8 Å². The molecule has 0 spiro atoms. The summed E-state index contributed by atoms with van der Waals surface area (Å²) in [5.74, 6) is 0.911. The summed E-state index contributed by atoms with van der Waals surface area (Å²) in [7, 11) is 0. The third kappa shape index (κ3) is 3.03. The van der Waals surface area contributed by atoms with Crippen molar-refractivity contribution in [1.29, 1.82) is 0 Å². The zero-order valence-corrected chi connectivity index (χ0v) is 11.1. The molecule has 0 bridgehead atoms. The fraction of sp³-hybridized carbons (Fsp3) is 0.533. The van der Waals surface area contributed by atoms with Crippen molar-refractivity contribution in [1.82, 2.24) is 4.98 Å². The molecule has 0 amide bonds. The molecule has 0 aromatic carbocycles. The molecule has 0 aliphatic heterocycles. The Hall–Kier alpha value is -1.51. The molecule has 3 heteroatoms. The smallest absolute Gasteiger partial charge is 0.141 e. The molecule has 18 heavy (non-hydrogen) atoms. The standard InChI is InChI=1S/C15H22N2O/c1-3-13-15(10-9-14(17-13)11(2)16)18-12-7-5-4-6-8-12/h9-10,12H,2-8,16H2,1H3. The zero-order valence-electron chi connectivity index (χ0n) is 11.1. The van der Waals surface area contributed by atoms with Gasteiger partial charge in [-0.05, 0) is 44.2 Å². The van der Waals surface area contributed by atoms with E-state index < -0.39 is 0 Å². The summed E-state index contributed by atoms with van der Waals surface area (Å²) in [4.78, 5) is 4.51. The van der Waals surface area contributed by atoms with Crippen LogP contribution in [0.1, 0.15) is 50.4 Å². The van der Waals surface area contributed by atoms with E-state index in [0.717, 1.165) is 36.4 Å². The summed E-state index contributed by atoms with van der Waals surface area (Å²) < 4.78 is 6.08. The van der Waals surface area contributed by atoms with Crippen LogP contribution in [0, 0.1) is 0 Å². The van der Waals surface area contributed by atoms with Crippen LogP contribution < -0.4 is 10.5 Å². The fourth-order valence-corrected chi connectivity index (χ4v) is 2.39. The number of nitrogens with two attached hydrogens (primary N) is 1. The highest BCUT2D eigenvalue weighted by Gasteiger charge is 2.16. The second-order valence-corrected chi connectivity index (χ2v) is 4.90. The highest BCUT2D eigenvalue weighted by molar-refractivity contribution is 5.57. The number of aromatic nitrogens is 1. The third-order valence-electron chi connectivity index (χ3n) is 3.44. The Kier molecular flexibility index (Phi) is 4.24. The van der Waals surface area contributed by atoms with Gasteiger partial charge in [-0.15, -0.1) is 0 Å². The SMILES string of the molecule is C=C(N)c1ccc(OC2CCCCC2)c(CC)n1. The summed E-state index contributed by atoms with van der Waals surface area (Å²) >= 11 is 0. The lowest BCUT2D eigenvalue weighted by atomic mass is 9.98. The van der Waals surface area contributed by atoms with E-state index in [1.54, 1.807) is 0 Å². The first kappa shape index (κ1) is 12.9. The van der Waals surface area contributed by atoms with Gasteiger partial charge in [0.15, 0.2) is 0 Å². The van der Waals surface area contributed by atoms with Crippen molar-refractivity contribution >= 4 is 5.70 Å². The van der Waals surface area contributed by atoms with Crippen LogP contribution in [0.15, 0.2) is 18.7 Å². The van der Waals surface area contributed by atoms with Gasteiger partial charge in [0.1, 0.15) is 5.75 Å². The van der Waals surface area contributed by atoms with Crippen LogP contribution in [0.4, 0.5) is 0 Å². The Balaban J connectivity index is 2.13. The van der Waals surface area contributed by atoms with Gasteiger partial charge in [-0.25, -0.2) is 4.98 Å². The van der Waals surface area contributed by atoms with Crippen LogP contribution in [-0.2, 0) is 6.42 Å². The highest BCUT2D eigenvalue weighted by Crippen LogP contribution is 2.26. The van der Waals surface area contributed by atoms with Crippen LogP contribution in [0.5, 0.6) is 5.75 Å². The molecule has 3 nitrogen and oxygen atoms in total. The lowest BCUT2D eigenvalue weighted by Crippen LogP contribution is -2.20. The minimum absolute atomic E-state index is 0.359. The van der Waals surface area contributed by atoms with Gasteiger partial charge in [0.2, 0.25) is 0 Å². The van der Waals surface area contributed by atoms with Gasteiger partial charge < -0.3 is 10.5 Å². The van der Waals surface area contributed by atoms with Crippen molar-refractivity contribution < 1.29 is 4.74 Å². The highest BCUT2D eigenvalue weighted by atomic mass is 16.5. The molecule has 1 aliphatic carbocycles. The van der Waals surface area contributed by atoms with Crippen molar-refractivity contribution in [3.05, 3.63) is 30.1 Å². The summed E-state index contributed by atoms with van der Waals surface area (Å²) in [6, 6.07) is 3.87. The summed E-state index contributed by atoms with van der Waals surface area (Å²) in [5, 5.41) is 0. The van der Waals surface area contributed by atoms with Crippen molar-refractivity contribution in [3.63, 3.8) is 0 Å². The first-order valence-corrected chi connectivity index (χ1v) is 6.82. The van der Waals surface area contributed by atoms with Gasteiger partial charge in [-0.1, -0.05) is 19.9 Å².